The van der Waals surface area contributed by atoms with Crippen molar-refractivity contribution in [2.24, 2.45) is 0 Å². The van der Waals surface area contributed by atoms with Crippen molar-refractivity contribution in [3.05, 3.63) is 35.3 Å². The highest BCUT2D eigenvalue weighted by Crippen LogP contribution is 2.38. The van der Waals surface area contributed by atoms with Crippen LogP contribution in [0.15, 0.2) is 18.2 Å². The van der Waals surface area contributed by atoms with E-state index >= 15 is 0 Å². The van der Waals surface area contributed by atoms with E-state index in [1.165, 1.54) is 13.2 Å². The quantitative estimate of drug-likeness (QED) is 0.836. The average Bonchev–Trinajstić information content (AvgIpc) is 3.05. The number of hydrogen-bond donors (Lipinski definition) is 1. The SMILES string of the molecule is COC(=O)c1c(C2CCCC2)[nH]c2c(F)cccc12. The maximum absolute atomic E-state index is 13.9. The molecule has 3 rings (SSSR count). The number of esters is 1. The first-order chi connectivity index (χ1) is 9.22. The summed E-state index contributed by atoms with van der Waals surface area (Å²) in [6, 6.07) is 4.79. The lowest BCUT2D eigenvalue weighted by Crippen LogP contribution is -2.06. The number of ether oxygens (including phenoxy) is 1. The molecule has 19 heavy (non-hydrogen) atoms. The second-order valence-electron chi connectivity index (χ2n) is 5.05. The Morgan fingerprint density at radius 1 is 1.37 bits per heavy atom. The summed E-state index contributed by atoms with van der Waals surface area (Å²) in [4.78, 5) is 15.1. The van der Waals surface area contributed by atoms with Gasteiger partial charge < -0.3 is 9.72 Å². The van der Waals surface area contributed by atoms with Crippen molar-refractivity contribution in [2.45, 2.75) is 31.6 Å². The number of aromatic nitrogens is 1. The van der Waals surface area contributed by atoms with Crippen molar-refractivity contribution in [1.29, 1.82) is 0 Å². The Balaban J connectivity index is 2.24. The molecule has 0 radical (unpaired) electrons. The molecule has 2 aromatic rings. The number of aromatic amines is 1. The Hall–Kier alpha value is -1.84. The van der Waals surface area contributed by atoms with Crippen molar-refractivity contribution in [1.82, 2.24) is 4.98 Å². The molecule has 1 aromatic heterocycles. The fourth-order valence-electron chi connectivity index (χ4n) is 3.04. The molecule has 1 fully saturated rings. The number of nitrogens with one attached hydrogen (secondary N) is 1. The number of H-pyrrole nitrogens is 1. The van der Waals surface area contributed by atoms with Gasteiger partial charge in [-0.2, -0.15) is 0 Å². The van der Waals surface area contributed by atoms with E-state index in [1.807, 2.05) is 0 Å². The van der Waals surface area contributed by atoms with E-state index in [1.54, 1.807) is 12.1 Å². The van der Waals surface area contributed by atoms with Gasteiger partial charge in [-0.1, -0.05) is 25.0 Å². The maximum atomic E-state index is 13.9. The van der Waals surface area contributed by atoms with Crippen molar-refractivity contribution >= 4 is 16.9 Å². The van der Waals surface area contributed by atoms with Crippen LogP contribution in [0.25, 0.3) is 10.9 Å². The van der Waals surface area contributed by atoms with Crippen molar-refractivity contribution in [3.63, 3.8) is 0 Å². The van der Waals surface area contributed by atoms with Gasteiger partial charge in [0.2, 0.25) is 0 Å². The van der Waals surface area contributed by atoms with Crippen LogP contribution in [0.2, 0.25) is 0 Å². The predicted molar refractivity (Wildman–Crippen MR) is 70.8 cm³/mol. The maximum Gasteiger partial charge on any atom is 0.340 e. The molecule has 0 aliphatic heterocycles. The Kier molecular flexibility index (Phi) is 3.01. The fourth-order valence-corrected chi connectivity index (χ4v) is 3.04. The lowest BCUT2D eigenvalue weighted by atomic mass is 9.99. The van der Waals surface area contributed by atoms with E-state index in [4.69, 9.17) is 4.74 Å². The van der Waals surface area contributed by atoms with Gasteiger partial charge >= 0.3 is 5.97 Å². The van der Waals surface area contributed by atoms with Gasteiger partial charge in [0.05, 0.1) is 18.2 Å². The number of methoxy groups -OCH3 is 1. The third kappa shape index (κ3) is 1.91. The summed E-state index contributed by atoms with van der Waals surface area (Å²) in [5, 5.41) is 0.619. The monoisotopic (exact) mass is 261 g/mol. The number of para-hydroxylation sites is 1. The smallest absolute Gasteiger partial charge is 0.340 e. The minimum Gasteiger partial charge on any atom is -0.465 e. The number of fused-ring (bicyclic) bond motifs is 1. The van der Waals surface area contributed by atoms with Gasteiger partial charge in [0.15, 0.2) is 0 Å². The molecule has 0 amide bonds. The van der Waals surface area contributed by atoms with E-state index < -0.39 is 5.97 Å². The predicted octanol–water partition coefficient (Wildman–Crippen LogP) is 3.75. The van der Waals surface area contributed by atoms with Gasteiger partial charge in [-0.05, 0) is 24.8 Å². The Bertz CT molecular complexity index is 626. The molecule has 0 bridgehead atoms. The lowest BCUT2D eigenvalue weighted by Gasteiger charge is -2.09. The highest BCUT2D eigenvalue weighted by molar-refractivity contribution is 6.05. The molecule has 100 valence electrons. The Morgan fingerprint density at radius 2 is 2.11 bits per heavy atom. The van der Waals surface area contributed by atoms with Crippen LogP contribution < -0.4 is 0 Å². The van der Waals surface area contributed by atoms with E-state index in [-0.39, 0.29) is 5.82 Å². The molecule has 1 N–H and O–H groups in total. The largest absolute Gasteiger partial charge is 0.465 e. The van der Waals surface area contributed by atoms with Gasteiger partial charge in [-0.15, -0.1) is 0 Å². The molecule has 1 aliphatic rings. The molecule has 1 heterocycles. The number of benzene rings is 1. The van der Waals surface area contributed by atoms with Gasteiger partial charge in [0, 0.05) is 11.1 Å². The summed E-state index contributed by atoms with van der Waals surface area (Å²) in [6.45, 7) is 0. The van der Waals surface area contributed by atoms with Crippen LogP contribution in [0, 0.1) is 5.82 Å². The van der Waals surface area contributed by atoms with E-state index in [0.717, 1.165) is 31.4 Å². The third-order valence-corrected chi connectivity index (χ3v) is 3.96. The minimum absolute atomic E-state index is 0.306. The lowest BCUT2D eigenvalue weighted by molar-refractivity contribution is 0.0601. The van der Waals surface area contributed by atoms with Crippen LogP contribution in [0.5, 0.6) is 0 Å². The number of hydrogen-bond acceptors (Lipinski definition) is 2. The summed E-state index contributed by atoms with van der Waals surface area (Å²) in [5.74, 6) is -0.411. The molecule has 0 spiro atoms. The summed E-state index contributed by atoms with van der Waals surface area (Å²) in [6.07, 6.45) is 4.39. The van der Waals surface area contributed by atoms with Crippen molar-refractivity contribution in [3.8, 4) is 0 Å². The van der Waals surface area contributed by atoms with Crippen LogP contribution >= 0.6 is 0 Å². The molecule has 0 unspecified atom stereocenters. The minimum atomic E-state index is -0.390. The number of halogens is 1. The van der Waals surface area contributed by atoms with Gasteiger partial charge in [0.1, 0.15) is 5.82 Å². The van der Waals surface area contributed by atoms with E-state index in [2.05, 4.69) is 4.98 Å². The number of carbonyl (C=O) groups excluding carboxylic acids is 1. The van der Waals surface area contributed by atoms with E-state index in [0.29, 0.717) is 22.4 Å². The van der Waals surface area contributed by atoms with Crippen LogP contribution in [0.4, 0.5) is 4.39 Å². The molecule has 1 saturated carbocycles. The van der Waals surface area contributed by atoms with Crippen LogP contribution in [-0.2, 0) is 4.74 Å². The first-order valence-electron chi connectivity index (χ1n) is 6.60. The zero-order chi connectivity index (χ0) is 13.4. The molecule has 0 atom stereocenters. The van der Waals surface area contributed by atoms with Gasteiger partial charge in [0.25, 0.3) is 0 Å². The fraction of sp³-hybridized carbons (Fsp3) is 0.400. The van der Waals surface area contributed by atoms with E-state index in [9.17, 15) is 9.18 Å². The first-order valence-corrected chi connectivity index (χ1v) is 6.60. The third-order valence-electron chi connectivity index (χ3n) is 3.96. The molecule has 3 nitrogen and oxygen atoms in total. The van der Waals surface area contributed by atoms with Crippen molar-refractivity contribution < 1.29 is 13.9 Å². The Morgan fingerprint density at radius 3 is 2.79 bits per heavy atom. The molecule has 4 heteroatoms. The standard InChI is InChI=1S/C15H16FNO2/c1-19-15(18)12-10-7-4-8-11(16)14(10)17-13(12)9-5-2-3-6-9/h4,7-9,17H,2-3,5-6H2,1H3. The molecular weight excluding hydrogens is 245 g/mol. The van der Waals surface area contributed by atoms with Crippen molar-refractivity contribution in [2.75, 3.05) is 7.11 Å². The average molecular weight is 261 g/mol. The zero-order valence-corrected chi connectivity index (χ0v) is 10.8. The summed E-state index contributed by atoms with van der Waals surface area (Å²) in [5.41, 5.74) is 1.75. The van der Waals surface area contributed by atoms with Crippen LogP contribution in [0.3, 0.4) is 0 Å². The molecule has 1 aliphatic carbocycles. The number of rotatable bonds is 2. The first kappa shape index (κ1) is 12.2. The summed E-state index contributed by atoms with van der Waals surface area (Å²) >= 11 is 0. The zero-order valence-electron chi connectivity index (χ0n) is 10.8. The molecule has 0 saturated heterocycles. The highest BCUT2D eigenvalue weighted by Gasteiger charge is 2.27. The Labute approximate surface area is 110 Å². The van der Waals surface area contributed by atoms with Crippen LogP contribution in [0.1, 0.15) is 47.7 Å². The van der Waals surface area contributed by atoms with Gasteiger partial charge in [-0.25, -0.2) is 9.18 Å². The van der Waals surface area contributed by atoms with Crippen LogP contribution in [-0.4, -0.2) is 18.1 Å². The second-order valence-corrected chi connectivity index (χ2v) is 5.05. The van der Waals surface area contributed by atoms with Gasteiger partial charge in [-0.3, -0.25) is 0 Å². The second kappa shape index (κ2) is 4.68. The molecular formula is C15H16FNO2. The topological polar surface area (TPSA) is 42.1 Å². The summed E-state index contributed by atoms with van der Waals surface area (Å²) < 4.78 is 18.7. The summed E-state index contributed by atoms with van der Waals surface area (Å²) in [7, 11) is 1.36. The number of carbonyl (C=O) groups is 1. The highest BCUT2D eigenvalue weighted by atomic mass is 19.1. The normalized spacial score (nSPS) is 16.1. The molecule has 1 aromatic carbocycles.